The van der Waals surface area contributed by atoms with Crippen molar-refractivity contribution in [3.8, 4) is 0 Å². The number of hydrogen-bond acceptors (Lipinski definition) is 3. The fraction of sp³-hybridized carbons (Fsp3) is 0.0769. The van der Waals surface area contributed by atoms with Crippen LogP contribution in [0.25, 0.3) is 0 Å². The molecule has 2 aromatic rings. The van der Waals surface area contributed by atoms with Crippen molar-refractivity contribution in [1.82, 2.24) is 4.98 Å². The summed E-state index contributed by atoms with van der Waals surface area (Å²) >= 11 is 0. The van der Waals surface area contributed by atoms with E-state index in [9.17, 15) is 4.79 Å². The lowest BCUT2D eigenvalue weighted by atomic mass is 10.00. The van der Waals surface area contributed by atoms with Crippen LogP contribution in [0.1, 0.15) is 28.4 Å². The standard InChI is InChI=1S/C13H13N3O/c1-8(14)11-10(7-16-13(11)15)12(17)9-5-3-2-4-6-9/h2-7,14,16H,15H2,1H3. The number of rotatable bonds is 3. The molecule has 4 nitrogen and oxygen atoms in total. The first-order valence-corrected chi connectivity index (χ1v) is 5.23. The Labute approximate surface area is 99.0 Å². The molecule has 0 radical (unpaired) electrons. The van der Waals surface area contributed by atoms with E-state index in [4.69, 9.17) is 11.1 Å². The minimum atomic E-state index is -0.125. The number of nitrogens with one attached hydrogen (secondary N) is 2. The molecule has 0 aliphatic rings. The normalized spacial score (nSPS) is 10.2. The van der Waals surface area contributed by atoms with E-state index in [1.807, 2.05) is 6.07 Å². The molecular weight excluding hydrogens is 214 g/mol. The molecule has 1 heterocycles. The van der Waals surface area contributed by atoms with Gasteiger partial charge in [0.05, 0.1) is 5.56 Å². The number of nitrogen functional groups attached to an aromatic ring is 1. The third-order valence-corrected chi connectivity index (χ3v) is 2.57. The second kappa shape index (κ2) is 4.25. The summed E-state index contributed by atoms with van der Waals surface area (Å²) in [5.41, 5.74) is 7.51. The van der Waals surface area contributed by atoms with Gasteiger partial charge in [-0.05, 0) is 6.92 Å². The zero-order valence-corrected chi connectivity index (χ0v) is 9.45. The van der Waals surface area contributed by atoms with Gasteiger partial charge in [0.25, 0.3) is 0 Å². The number of aromatic nitrogens is 1. The quantitative estimate of drug-likeness (QED) is 0.555. The number of aromatic amines is 1. The molecule has 0 amide bonds. The van der Waals surface area contributed by atoms with Gasteiger partial charge in [-0.1, -0.05) is 30.3 Å². The van der Waals surface area contributed by atoms with Gasteiger partial charge in [-0.25, -0.2) is 0 Å². The zero-order valence-electron chi connectivity index (χ0n) is 9.45. The summed E-state index contributed by atoms with van der Waals surface area (Å²) in [6.45, 7) is 1.61. The highest BCUT2D eigenvalue weighted by molar-refractivity contribution is 6.17. The van der Waals surface area contributed by atoms with Crippen LogP contribution in [0, 0.1) is 5.41 Å². The summed E-state index contributed by atoms with van der Waals surface area (Å²) in [7, 11) is 0. The highest BCUT2D eigenvalue weighted by Gasteiger charge is 2.18. The van der Waals surface area contributed by atoms with Gasteiger partial charge in [-0.2, -0.15) is 0 Å². The van der Waals surface area contributed by atoms with E-state index in [1.54, 1.807) is 37.4 Å². The smallest absolute Gasteiger partial charge is 0.195 e. The van der Waals surface area contributed by atoms with Crippen LogP contribution in [0.5, 0.6) is 0 Å². The number of carbonyl (C=O) groups excluding carboxylic acids is 1. The lowest BCUT2D eigenvalue weighted by Crippen LogP contribution is -2.07. The van der Waals surface area contributed by atoms with Crippen LogP contribution in [0.3, 0.4) is 0 Å². The van der Waals surface area contributed by atoms with Crippen molar-refractivity contribution in [1.29, 1.82) is 5.41 Å². The number of carbonyl (C=O) groups is 1. The van der Waals surface area contributed by atoms with Gasteiger partial charge < -0.3 is 16.1 Å². The lowest BCUT2D eigenvalue weighted by molar-refractivity contribution is 0.103. The number of nitrogens with two attached hydrogens (primary N) is 1. The summed E-state index contributed by atoms with van der Waals surface area (Å²) in [6, 6.07) is 8.95. The maximum atomic E-state index is 12.2. The molecule has 86 valence electrons. The molecule has 0 spiro atoms. The first kappa shape index (κ1) is 11.1. The van der Waals surface area contributed by atoms with E-state index in [1.165, 1.54) is 0 Å². The van der Waals surface area contributed by atoms with E-state index < -0.39 is 0 Å². The average Bonchev–Trinajstić information content (AvgIpc) is 2.71. The minimum Gasteiger partial charge on any atom is -0.385 e. The van der Waals surface area contributed by atoms with Crippen LogP contribution in [-0.2, 0) is 0 Å². The van der Waals surface area contributed by atoms with Crippen molar-refractivity contribution in [2.24, 2.45) is 0 Å². The maximum absolute atomic E-state index is 12.2. The van der Waals surface area contributed by atoms with Crippen molar-refractivity contribution < 1.29 is 4.79 Å². The van der Waals surface area contributed by atoms with E-state index in [0.29, 0.717) is 22.5 Å². The second-order valence-corrected chi connectivity index (χ2v) is 3.81. The topological polar surface area (TPSA) is 82.7 Å². The Hall–Kier alpha value is -2.36. The van der Waals surface area contributed by atoms with Gasteiger partial charge in [0.2, 0.25) is 0 Å². The van der Waals surface area contributed by atoms with Crippen molar-refractivity contribution >= 4 is 17.3 Å². The number of hydrogen-bond donors (Lipinski definition) is 3. The van der Waals surface area contributed by atoms with E-state index in [2.05, 4.69) is 4.98 Å². The predicted octanol–water partition coefficient (Wildman–Crippen LogP) is 2.22. The lowest BCUT2D eigenvalue weighted by Gasteiger charge is -2.02. The number of H-pyrrole nitrogens is 1. The van der Waals surface area contributed by atoms with Gasteiger partial charge in [-0.15, -0.1) is 0 Å². The fourth-order valence-corrected chi connectivity index (χ4v) is 1.77. The molecule has 1 aromatic heterocycles. The summed E-state index contributed by atoms with van der Waals surface area (Å²) < 4.78 is 0. The van der Waals surface area contributed by atoms with Gasteiger partial charge in [0.1, 0.15) is 5.82 Å². The van der Waals surface area contributed by atoms with Crippen LogP contribution in [0.15, 0.2) is 36.5 Å². The molecule has 0 saturated carbocycles. The Kier molecular flexibility index (Phi) is 2.78. The molecule has 0 unspecified atom stereocenters. The Morgan fingerprint density at radius 3 is 2.53 bits per heavy atom. The highest BCUT2D eigenvalue weighted by atomic mass is 16.1. The van der Waals surface area contributed by atoms with Crippen LogP contribution >= 0.6 is 0 Å². The van der Waals surface area contributed by atoms with Crippen molar-refractivity contribution in [2.75, 3.05) is 5.73 Å². The summed E-state index contributed by atoms with van der Waals surface area (Å²) in [5, 5.41) is 7.64. The molecule has 0 atom stereocenters. The van der Waals surface area contributed by atoms with E-state index in [-0.39, 0.29) is 11.5 Å². The molecule has 17 heavy (non-hydrogen) atoms. The highest BCUT2D eigenvalue weighted by Crippen LogP contribution is 2.20. The third kappa shape index (κ3) is 1.97. The number of benzene rings is 1. The maximum Gasteiger partial charge on any atom is 0.195 e. The van der Waals surface area contributed by atoms with Gasteiger partial charge in [0.15, 0.2) is 5.78 Å². The van der Waals surface area contributed by atoms with Crippen molar-refractivity contribution in [3.63, 3.8) is 0 Å². The van der Waals surface area contributed by atoms with Crippen molar-refractivity contribution in [3.05, 3.63) is 53.2 Å². The second-order valence-electron chi connectivity index (χ2n) is 3.81. The average molecular weight is 227 g/mol. The fourth-order valence-electron chi connectivity index (χ4n) is 1.77. The van der Waals surface area contributed by atoms with Crippen LogP contribution < -0.4 is 5.73 Å². The third-order valence-electron chi connectivity index (χ3n) is 2.57. The molecule has 0 aliphatic carbocycles. The first-order valence-electron chi connectivity index (χ1n) is 5.23. The molecular formula is C13H13N3O. The van der Waals surface area contributed by atoms with Gasteiger partial charge in [-0.3, -0.25) is 4.79 Å². The molecule has 0 fully saturated rings. The zero-order chi connectivity index (χ0) is 12.4. The SMILES string of the molecule is CC(=N)c1c(C(=O)c2ccccc2)c[nH]c1N. The van der Waals surface area contributed by atoms with Crippen molar-refractivity contribution in [2.45, 2.75) is 6.92 Å². The van der Waals surface area contributed by atoms with Crippen LogP contribution in [0.4, 0.5) is 5.82 Å². The first-order chi connectivity index (χ1) is 8.11. The Balaban J connectivity index is 2.49. The molecule has 4 heteroatoms. The number of ketones is 1. The van der Waals surface area contributed by atoms with Gasteiger partial charge >= 0.3 is 0 Å². The monoisotopic (exact) mass is 227 g/mol. The van der Waals surface area contributed by atoms with E-state index in [0.717, 1.165) is 0 Å². The largest absolute Gasteiger partial charge is 0.385 e. The Morgan fingerprint density at radius 1 is 1.29 bits per heavy atom. The Morgan fingerprint density at radius 2 is 1.94 bits per heavy atom. The summed E-state index contributed by atoms with van der Waals surface area (Å²) in [6.07, 6.45) is 1.55. The summed E-state index contributed by atoms with van der Waals surface area (Å²) in [4.78, 5) is 15.0. The van der Waals surface area contributed by atoms with Crippen LogP contribution in [-0.4, -0.2) is 16.5 Å². The Bertz CT molecular complexity index is 570. The van der Waals surface area contributed by atoms with E-state index >= 15 is 0 Å². The molecule has 0 saturated heterocycles. The molecule has 1 aromatic carbocycles. The molecule has 4 N–H and O–H groups in total. The molecule has 0 bridgehead atoms. The minimum absolute atomic E-state index is 0.125. The molecule has 2 rings (SSSR count). The van der Waals surface area contributed by atoms with Gasteiger partial charge in [0, 0.05) is 23.0 Å². The predicted molar refractivity (Wildman–Crippen MR) is 67.6 cm³/mol. The number of anilines is 1. The molecule has 0 aliphatic heterocycles. The summed E-state index contributed by atoms with van der Waals surface area (Å²) in [5.74, 6) is 0.233. The van der Waals surface area contributed by atoms with Crippen LogP contribution in [0.2, 0.25) is 0 Å².